The fourth-order valence-corrected chi connectivity index (χ4v) is 5.11. The van der Waals surface area contributed by atoms with Crippen LogP contribution in [0.5, 0.6) is 0 Å². The van der Waals surface area contributed by atoms with Gasteiger partial charge in [0.15, 0.2) is 5.78 Å². The minimum Gasteiger partial charge on any atom is -0.396 e. The molecule has 0 heterocycles. The molecule has 100 valence electrons. The van der Waals surface area contributed by atoms with Crippen LogP contribution in [0.15, 0.2) is 11.1 Å². The lowest BCUT2D eigenvalue weighted by atomic mass is 9.50. The van der Waals surface area contributed by atoms with Crippen LogP contribution in [0, 0.1) is 16.7 Å². The van der Waals surface area contributed by atoms with Gasteiger partial charge in [0, 0.05) is 13.0 Å². The van der Waals surface area contributed by atoms with Crippen LogP contribution in [-0.4, -0.2) is 17.5 Å². The van der Waals surface area contributed by atoms with Gasteiger partial charge in [-0.15, -0.1) is 0 Å². The Kier molecular flexibility index (Phi) is 2.71. The van der Waals surface area contributed by atoms with Crippen LogP contribution < -0.4 is 0 Å². The third-order valence-corrected chi connectivity index (χ3v) is 6.09. The molecule has 18 heavy (non-hydrogen) atoms. The number of hydrogen-bond donors (Lipinski definition) is 1. The molecule has 0 radical (unpaired) electrons. The number of aliphatic hydroxyl groups excluding tert-OH is 1. The summed E-state index contributed by atoms with van der Waals surface area (Å²) in [4.78, 5) is 11.9. The Morgan fingerprint density at radius 1 is 1.22 bits per heavy atom. The van der Waals surface area contributed by atoms with Crippen LogP contribution >= 0.6 is 0 Å². The fourth-order valence-electron chi connectivity index (χ4n) is 5.11. The number of carbonyl (C=O) groups excluding carboxylic acids is 1. The largest absolute Gasteiger partial charge is 0.396 e. The van der Waals surface area contributed by atoms with Crippen molar-refractivity contribution in [2.24, 2.45) is 16.7 Å². The minimum absolute atomic E-state index is 0.0666. The van der Waals surface area contributed by atoms with Crippen LogP contribution in [0.2, 0.25) is 0 Å². The standard InChI is InChI=1S/C16H24O2/c1-15(10-17)8-3-9-16(2)12-5-6-13(18)11(12)4-7-14(15)16/h14,17H,3-10H2,1-2H3/t14-,15-,16+/m0/s1. The maximum absolute atomic E-state index is 11.9. The first-order valence-electron chi connectivity index (χ1n) is 7.38. The van der Waals surface area contributed by atoms with Gasteiger partial charge in [-0.3, -0.25) is 4.79 Å². The molecular weight excluding hydrogens is 224 g/mol. The van der Waals surface area contributed by atoms with Crippen molar-refractivity contribution in [3.8, 4) is 0 Å². The van der Waals surface area contributed by atoms with Crippen LogP contribution in [0.25, 0.3) is 0 Å². The van der Waals surface area contributed by atoms with E-state index in [1.54, 1.807) is 0 Å². The Hall–Kier alpha value is -0.630. The zero-order valence-electron chi connectivity index (χ0n) is 11.6. The summed E-state index contributed by atoms with van der Waals surface area (Å²) in [5.41, 5.74) is 2.88. The monoisotopic (exact) mass is 248 g/mol. The average molecular weight is 248 g/mol. The first-order chi connectivity index (χ1) is 8.51. The molecule has 3 aliphatic carbocycles. The van der Waals surface area contributed by atoms with E-state index >= 15 is 0 Å². The van der Waals surface area contributed by atoms with E-state index < -0.39 is 0 Å². The molecule has 0 bridgehead atoms. The smallest absolute Gasteiger partial charge is 0.159 e. The van der Waals surface area contributed by atoms with E-state index in [0.29, 0.717) is 18.3 Å². The predicted molar refractivity (Wildman–Crippen MR) is 71.1 cm³/mol. The third-order valence-electron chi connectivity index (χ3n) is 6.09. The summed E-state index contributed by atoms with van der Waals surface area (Å²) in [7, 11) is 0. The lowest BCUT2D eigenvalue weighted by Gasteiger charge is -2.55. The van der Waals surface area contributed by atoms with E-state index in [1.807, 2.05) is 0 Å². The highest BCUT2D eigenvalue weighted by molar-refractivity contribution is 5.99. The van der Waals surface area contributed by atoms with E-state index in [4.69, 9.17) is 0 Å². The van der Waals surface area contributed by atoms with Crippen LogP contribution in [0.4, 0.5) is 0 Å². The molecule has 0 aromatic heterocycles. The highest BCUT2D eigenvalue weighted by Gasteiger charge is 2.53. The molecule has 1 fully saturated rings. The molecule has 0 amide bonds. The van der Waals surface area contributed by atoms with Gasteiger partial charge in [0.1, 0.15) is 0 Å². The summed E-state index contributed by atoms with van der Waals surface area (Å²) in [6.45, 7) is 4.90. The summed E-state index contributed by atoms with van der Waals surface area (Å²) in [6.07, 6.45) is 7.32. The number of allylic oxidation sites excluding steroid dienone is 2. The van der Waals surface area contributed by atoms with E-state index in [0.717, 1.165) is 37.7 Å². The normalized spacial score (nSPS) is 43.9. The summed E-state index contributed by atoms with van der Waals surface area (Å²) in [5, 5.41) is 9.81. The molecule has 0 unspecified atom stereocenters. The molecule has 1 N–H and O–H groups in total. The Balaban J connectivity index is 2.04. The number of carbonyl (C=O) groups is 1. The third kappa shape index (κ3) is 1.48. The number of fused-ring (bicyclic) bond motifs is 2. The Morgan fingerprint density at radius 2 is 2.00 bits per heavy atom. The predicted octanol–water partition coefficient (Wildman–Crippen LogP) is 3.24. The van der Waals surface area contributed by atoms with Gasteiger partial charge in [-0.2, -0.15) is 0 Å². The van der Waals surface area contributed by atoms with E-state index in [9.17, 15) is 9.90 Å². The molecule has 0 aromatic carbocycles. The molecule has 0 aliphatic heterocycles. The molecule has 3 atom stereocenters. The van der Waals surface area contributed by atoms with Crippen LogP contribution in [-0.2, 0) is 4.79 Å². The van der Waals surface area contributed by atoms with Gasteiger partial charge in [-0.25, -0.2) is 0 Å². The van der Waals surface area contributed by atoms with Gasteiger partial charge in [-0.1, -0.05) is 25.8 Å². The van der Waals surface area contributed by atoms with Gasteiger partial charge >= 0.3 is 0 Å². The van der Waals surface area contributed by atoms with Crippen molar-refractivity contribution >= 4 is 5.78 Å². The SMILES string of the molecule is C[C@@]1(CO)CCC[C@]2(C)C3=C(CC[C@@H]12)C(=O)CC3. The van der Waals surface area contributed by atoms with Gasteiger partial charge in [0.2, 0.25) is 0 Å². The van der Waals surface area contributed by atoms with Crippen molar-refractivity contribution in [2.45, 2.75) is 58.8 Å². The molecule has 0 aromatic rings. The number of rotatable bonds is 1. The molecule has 1 saturated carbocycles. The van der Waals surface area contributed by atoms with Crippen molar-refractivity contribution < 1.29 is 9.90 Å². The number of hydrogen-bond acceptors (Lipinski definition) is 2. The van der Waals surface area contributed by atoms with Crippen molar-refractivity contribution in [3.63, 3.8) is 0 Å². The second-order valence-corrected chi connectivity index (χ2v) is 7.05. The molecule has 2 nitrogen and oxygen atoms in total. The summed E-state index contributed by atoms with van der Waals surface area (Å²) >= 11 is 0. The highest BCUT2D eigenvalue weighted by Crippen LogP contribution is 2.61. The first kappa shape index (κ1) is 12.4. The first-order valence-corrected chi connectivity index (χ1v) is 7.38. The maximum atomic E-state index is 11.9. The van der Waals surface area contributed by atoms with Crippen molar-refractivity contribution in [3.05, 3.63) is 11.1 Å². The molecular formula is C16H24O2. The number of ketones is 1. The highest BCUT2D eigenvalue weighted by atomic mass is 16.3. The van der Waals surface area contributed by atoms with Crippen molar-refractivity contribution in [1.29, 1.82) is 0 Å². The zero-order valence-corrected chi connectivity index (χ0v) is 11.6. The van der Waals surface area contributed by atoms with Gasteiger partial charge in [0.05, 0.1) is 0 Å². The Bertz CT molecular complexity index is 423. The molecule has 3 rings (SSSR count). The summed E-state index contributed by atoms with van der Waals surface area (Å²) < 4.78 is 0. The number of aliphatic hydroxyl groups is 1. The van der Waals surface area contributed by atoms with E-state index in [-0.39, 0.29) is 10.8 Å². The van der Waals surface area contributed by atoms with Crippen molar-refractivity contribution in [2.75, 3.05) is 6.61 Å². The Labute approximate surface area is 109 Å². The second-order valence-electron chi connectivity index (χ2n) is 7.05. The second kappa shape index (κ2) is 3.93. The van der Waals surface area contributed by atoms with E-state index in [2.05, 4.69) is 13.8 Å². The van der Waals surface area contributed by atoms with Gasteiger partial charge in [-0.05, 0) is 54.4 Å². The lowest BCUT2D eigenvalue weighted by molar-refractivity contribution is -0.115. The van der Waals surface area contributed by atoms with Crippen LogP contribution in [0.3, 0.4) is 0 Å². The maximum Gasteiger partial charge on any atom is 0.159 e. The topological polar surface area (TPSA) is 37.3 Å². The van der Waals surface area contributed by atoms with Gasteiger partial charge < -0.3 is 5.11 Å². The minimum atomic E-state index is 0.0666. The average Bonchev–Trinajstić information content (AvgIpc) is 2.72. The molecule has 2 heteroatoms. The Morgan fingerprint density at radius 3 is 2.72 bits per heavy atom. The van der Waals surface area contributed by atoms with Gasteiger partial charge in [0.25, 0.3) is 0 Å². The quantitative estimate of drug-likeness (QED) is 0.773. The number of Topliss-reactive ketones (excluding diaryl/α,β-unsaturated/α-hetero) is 1. The molecule has 3 aliphatic rings. The fraction of sp³-hybridized carbons (Fsp3) is 0.812. The zero-order chi connectivity index (χ0) is 13.0. The molecule has 0 saturated heterocycles. The summed E-state index contributed by atoms with van der Waals surface area (Å²) in [5.74, 6) is 0.967. The lowest BCUT2D eigenvalue weighted by Crippen LogP contribution is -2.48. The van der Waals surface area contributed by atoms with Crippen molar-refractivity contribution in [1.82, 2.24) is 0 Å². The van der Waals surface area contributed by atoms with E-state index in [1.165, 1.54) is 18.4 Å². The summed E-state index contributed by atoms with van der Waals surface area (Å²) in [6, 6.07) is 0. The molecule has 0 spiro atoms. The van der Waals surface area contributed by atoms with Crippen LogP contribution in [0.1, 0.15) is 58.8 Å².